The first kappa shape index (κ1) is 10.8. The predicted octanol–water partition coefficient (Wildman–Crippen LogP) is 1.17. The van der Waals surface area contributed by atoms with Gasteiger partial charge in [0.2, 0.25) is 0 Å². The van der Waals surface area contributed by atoms with E-state index in [2.05, 4.69) is 10.3 Å². The van der Waals surface area contributed by atoms with Gasteiger partial charge < -0.3 is 20.6 Å². The Kier molecular flexibility index (Phi) is 3.12. The fourth-order valence-electron chi connectivity index (χ4n) is 0.819. The van der Waals surface area contributed by atoms with Crippen molar-refractivity contribution < 1.29 is 20.1 Å². The highest BCUT2D eigenvalue weighted by molar-refractivity contribution is 6.01. The molecule has 0 saturated heterocycles. The number of anilines is 1. The lowest BCUT2D eigenvalue weighted by atomic mass is 10.3. The van der Waals surface area contributed by atoms with Crippen molar-refractivity contribution in [2.24, 2.45) is 0 Å². The predicted molar refractivity (Wildman–Crippen MR) is 52.5 cm³/mol. The molecule has 0 fully saturated rings. The van der Waals surface area contributed by atoms with E-state index in [0.29, 0.717) is 0 Å². The minimum Gasteiger partial charge on any atom is -0.498 e. The Hall–Kier alpha value is -2.24. The van der Waals surface area contributed by atoms with Crippen LogP contribution in [0.15, 0.2) is 30.0 Å². The number of hydrogen-bond acceptors (Lipinski definition) is 5. The highest BCUT2D eigenvalue weighted by atomic mass is 16.5. The van der Waals surface area contributed by atoms with Crippen LogP contribution < -0.4 is 5.32 Å². The molecule has 0 aliphatic heterocycles. The molecule has 1 aromatic rings. The molecule has 1 rings (SSSR count). The van der Waals surface area contributed by atoms with Crippen LogP contribution in [0.5, 0.6) is 0 Å². The second-order valence-corrected chi connectivity index (χ2v) is 2.85. The van der Waals surface area contributed by atoms with Gasteiger partial charge in [0.25, 0.3) is 11.7 Å². The van der Waals surface area contributed by atoms with Crippen molar-refractivity contribution in [1.29, 1.82) is 0 Å². The number of carbonyl (C=O) groups is 1. The molecule has 6 heteroatoms. The first-order valence-corrected chi connectivity index (χ1v) is 4.06. The molecule has 15 heavy (non-hydrogen) atoms. The number of carbonyl (C=O) groups excluding carboxylic acids is 1. The third kappa shape index (κ3) is 2.87. The molecule has 0 aliphatic carbocycles. The summed E-state index contributed by atoms with van der Waals surface area (Å²) < 4.78 is 0. The number of hydrogen-bond donors (Lipinski definition) is 4. The van der Waals surface area contributed by atoms with Gasteiger partial charge in [-0.3, -0.25) is 4.79 Å². The van der Waals surface area contributed by atoms with Crippen molar-refractivity contribution in [3.8, 4) is 0 Å². The first-order chi connectivity index (χ1) is 7.00. The molecule has 1 heterocycles. The number of pyridine rings is 1. The van der Waals surface area contributed by atoms with Crippen LogP contribution in [0.3, 0.4) is 0 Å². The van der Waals surface area contributed by atoms with Crippen molar-refractivity contribution in [3.05, 3.63) is 35.6 Å². The van der Waals surface area contributed by atoms with Gasteiger partial charge in [0, 0.05) is 6.20 Å². The van der Waals surface area contributed by atoms with Crippen molar-refractivity contribution >= 4 is 11.7 Å². The van der Waals surface area contributed by atoms with E-state index >= 15 is 0 Å². The molecule has 0 aromatic carbocycles. The molecule has 1 aromatic heterocycles. The maximum absolute atomic E-state index is 11.1. The Morgan fingerprint density at radius 1 is 1.33 bits per heavy atom. The van der Waals surface area contributed by atoms with E-state index in [0.717, 1.165) is 5.56 Å². The fourth-order valence-corrected chi connectivity index (χ4v) is 0.819. The summed E-state index contributed by atoms with van der Waals surface area (Å²) in [4.78, 5) is 14.9. The lowest BCUT2D eigenvalue weighted by molar-refractivity contribution is -0.115. The summed E-state index contributed by atoms with van der Waals surface area (Å²) in [7, 11) is 0. The number of aliphatic hydroxyl groups excluding tert-OH is 2. The van der Waals surface area contributed by atoms with Crippen LogP contribution in [0.25, 0.3) is 0 Å². The molecule has 0 bridgehead atoms. The summed E-state index contributed by atoms with van der Waals surface area (Å²) in [6.45, 7) is 1.83. The normalized spacial score (nSPS) is 9.40. The average molecular weight is 210 g/mol. The van der Waals surface area contributed by atoms with E-state index in [1.54, 1.807) is 6.07 Å². The molecule has 0 aliphatic rings. The Labute approximate surface area is 85.5 Å². The molecule has 0 unspecified atom stereocenters. The quantitative estimate of drug-likeness (QED) is 0.433. The van der Waals surface area contributed by atoms with Crippen LogP contribution >= 0.6 is 0 Å². The highest BCUT2D eigenvalue weighted by Gasteiger charge is 2.13. The Morgan fingerprint density at radius 2 is 2.00 bits per heavy atom. The maximum Gasteiger partial charge on any atom is 0.324 e. The number of amides is 1. The summed E-state index contributed by atoms with van der Waals surface area (Å²) in [5.74, 6) is -3.42. The topological polar surface area (TPSA) is 103 Å². The first-order valence-electron chi connectivity index (χ1n) is 4.06. The van der Waals surface area contributed by atoms with E-state index in [-0.39, 0.29) is 5.82 Å². The molecule has 0 radical (unpaired) electrons. The van der Waals surface area contributed by atoms with Crippen LogP contribution in [0.1, 0.15) is 5.56 Å². The second kappa shape index (κ2) is 4.32. The minimum atomic E-state index is -1.43. The van der Waals surface area contributed by atoms with Crippen LogP contribution in [0, 0.1) is 6.92 Å². The van der Waals surface area contributed by atoms with Crippen LogP contribution in [0.4, 0.5) is 5.82 Å². The van der Waals surface area contributed by atoms with Gasteiger partial charge in [-0.15, -0.1) is 0 Å². The number of aryl methyl sites for hydroxylation is 1. The highest BCUT2D eigenvalue weighted by Crippen LogP contribution is 2.05. The number of nitrogens with one attached hydrogen (secondary N) is 1. The number of rotatable bonds is 2. The number of aliphatic hydroxyl groups is 3. The summed E-state index contributed by atoms with van der Waals surface area (Å²) in [6, 6.07) is 3.23. The van der Waals surface area contributed by atoms with Crippen LogP contribution in [-0.4, -0.2) is 26.2 Å². The van der Waals surface area contributed by atoms with E-state index in [4.69, 9.17) is 15.3 Å². The van der Waals surface area contributed by atoms with E-state index in [1.165, 1.54) is 12.3 Å². The molecule has 0 atom stereocenters. The average Bonchev–Trinajstić information content (AvgIpc) is 2.20. The maximum atomic E-state index is 11.1. The lowest BCUT2D eigenvalue weighted by Gasteiger charge is -2.03. The third-order valence-corrected chi connectivity index (χ3v) is 1.58. The monoisotopic (exact) mass is 210 g/mol. The van der Waals surface area contributed by atoms with Gasteiger partial charge in [-0.2, -0.15) is 0 Å². The van der Waals surface area contributed by atoms with Crippen molar-refractivity contribution in [1.82, 2.24) is 4.98 Å². The van der Waals surface area contributed by atoms with Crippen LogP contribution in [-0.2, 0) is 4.79 Å². The zero-order valence-electron chi connectivity index (χ0n) is 7.93. The van der Waals surface area contributed by atoms with Gasteiger partial charge in [-0.05, 0) is 18.6 Å². The second-order valence-electron chi connectivity index (χ2n) is 2.85. The molecule has 6 nitrogen and oxygen atoms in total. The summed E-state index contributed by atoms with van der Waals surface area (Å²) in [5, 5.41) is 27.9. The van der Waals surface area contributed by atoms with Gasteiger partial charge in [-0.25, -0.2) is 4.98 Å². The molecular formula is C9H10N2O4. The van der Waals surface area contributed by atoms with Crippen molar-refractivity contribution in [3.63, 3.8) is 0 Å². The smallest absolute Gasteiger partial charge is 0.324 e. The van der Waals surface area contributed by atoms with Crippen molar-refractivity contribution in [2.45, 2.75) is 6.92 Å². The van der Waals surface area contributed by atoms with Gasteiger partial charge in [0.15, 0.2) is 0 Å². The molecule has 80 valence electrons. The standard InChI is InChI=1S/C9H10N2O4/c1-5-2-3-6(10-4-5)11-8(13)7(12)9(14)15/h2-4,12,14-15H,1H3,(H,10,11,13). The Morgan fingerprint density at radius 3 is 2.47 bits per heavy atom. The summed E-state index contributed by atoms with van der Waals surface area (Å²) >= 11 is 0. The number of aromatic nitrogens is 1. The van der Waals surface area contributed by atoms with Gasteiger partial charge in [-0.1, -0.05) is 6.07 Å². The molecule has 4 N–H and O–H groups in total. The van der Waals surface area contributed by atoms with Gasteiger partial charge in [0.05, 0.1) is 0 Å². The van der Waals surface area contributed by atoms with Crippen LogP contribution in [0.2, 0.25) is 0 Å². The minimum absolute atomic E-state index is 0.207. The zero-order chi connectivity index (χ0) is 11.4. The molecular weight excluding hydrogens is 200 g/mol. The zero-order valence-corrected chi connectivity index (χ0v) is 7.93. The molecule has 0 spiro atoms. The van der Waals surface area contributed by atoms with E-state index in [9.17, 15) is 4.79 Å². The SMILES string of the molecule is Cc1ccc(NC(=O)C(O)=C(O)O)nc1. The Balaban J connectivity index is 2.75. The van der Waals surface area contributed by atoms with Gasteiger partial charge in [0.1, 0.15) is 5.82 Å². The fraction of sp³-hybridized carbons (Fsp3) is 0.111. The Bertz CT molecular complexity index is 393. The van der Waals surface area contributed by atoms with E-state index < -0.39 is 17.6 Å². The summed E-state index contributed by atoms with van der Waals surface area (Å²) in [5.41, 5.74) is 0.915. The van der Waals surface area contributed by atoms with Gasteiger partial charge >= 0.3 is 5.95 Å². The largest absolute Gasteiger partial charge is 0.498 e. The van der Waals surface area contributed by atoms with Crippen molar-refractivity contribution in [2.75, 3.05) is 5.32 Å². The third-order valence-electron chi connectivity index (χ3n) is 1.58. The molecule has 1 amide bonds. The summed E-state index contributed by atoms with van der Waals surface area (Å²) in [6.07, 6.45) is 1.52. The number of nitrogens with zero attached hydrogens (tertiary/aromatic N) is 1. The molecule has 0 saturated carbocycles. The van der Waals surface area contributed by atoms with E-state index in [1.807, 2.05) is 6.92 Å². The lowest BCUT2D eigenvalue weighted by Crippen LogP contribution is -2.16.